The van der Waals surface area contributed by atoms with Crippen LogP contribution in [-0.2, 0) is 19.2 Å². The number of aliphatic carboxylic acids is 1. The van der Waals surface area contributed by atoms with Crippen LogP contribution in [0, 0.1) is 0 Å². The second-order valence-electron chi connectivity index (χ2n) is 7.62. The molecule has 0 aromatic heterocycles. The molecule has 36 heavy (non-hydrogen) atoms. The van der Waals surface area contributed by atoms with Gasteiger partial charge in [0.15, 0.2) is 0 Å². The minimum absolute atomic E-state index is 0.0322. The number of hydrogen-bond donors (Lipinski definition) is 2. The molecule has 182 valence electrons. The van der Waals surface area contributed by atoms with Gasteiger partial charge in [-0.2, -0.15) is 0 Å². The average molecular weight is 523 g/mol. The Hall–Kier alpha value is -4.08. The van der Waals surface area contributed by atoms with E-state index in [-0.39, 0.29) is 18.2 Å². The van der Waals surface area contributed by atoms with Crippen molar-refractivity contribution in [1.29, 1.82) is 0 Å². The first-order valence-corrected chi connectivity index (χ1v) is 11.9. The van der Waals surface area contributed by atoms with E-state index in [0.717, 1.165) is 17.1 Å². The first-order chi connectivity index (χ1) is 17.3. The fraction of sp³-hybridized carbons (Fsp3) is 0.0769. The Labute approximate surface area is 215 Å². The van der Waals surface area contributed by atoms with E-state index in [0.29, 0.717) is 32.8 Å². The molecule has 8 nitrogen and oxygen atoms in total. The Morgan fingerprint density at radius 2 is 1.67 bits per heavy atom. The van der Waals surface area contributed by atoms with Crippen molar-refractivity contribution in [3.63, 3.8) is 0 Å². The van der Waals surface area contributed by atoms with Crippen LogP contribution in [0.4, 0.5) is 11.4 Å². The topological polar surface area (TPSA) is 113 Å². The van der Waals surface area contributed by atoms with Crippen molar-refractivity contribution in [2.24, 2.45) is 0 Å². The molecule has 10 heteroatoms. The number of hydrogen-bond acceptors (Lipinski definition) is 6. The van der Waals surface area contributed by atoms with Gasteiger partial charge in [0.1, 0.15) is 11.5 Å². The molecule has 0 aliphatic carbocycles. The molecular formula is C26H19ClN2O6S. The average Bonchev–Trinajstić information content (AvgIpc) is 3.12. The monoisotopic (exact) mass is 522 g/mol. The molecule has 1 fully saturated rings. The summed E-state index contributed by atoms with van der Waals surface area (Å²) in [5.41, 5.74) is 0.882. The molecule has 3 amide bonds. The largest absolute Gasteiger partial charge is 0.478 e. The summed E-state index contributed by atoms with van der Waals surface area (Å²) in [7, 11) is 0. The summed E-state index contributed by atoms with van der Waals surface area (Å²) in [6, 6.07) is 20.3. The van der Waals surface area contributed by atoms with Crippen molar-refractivity contribution in [3.8, 4) is 11.5 Å². The lowest BCUT2D eigenvalue weighted by atomic mass is 10.2. The van der Waals surface area contributed by atoms with Gasteiger partial charge in [0.2, 0.25) is 17.7 Å². The Balaban J connectivity index is 1.40. The maximum atomic E-state index is 13.0. The van der Waals surface area contributed by atoms with Crippen LogP contribution in [0.1, 0.15) is 6.42 Å². The predicted molar refractivity (Wildman–Crippen MR) is 137 cm³/mol. The number of amides is 3. The molecule has 1 atom stereocenters. The lowest BCUT2D eigenvalue weighted by Gasteiger charge is -2.16. The van der Waals surface area contributed by atoms with Gasteiger partial charge in [-0.1, -0.05) is 17.7 Å². The fourth-order valence-electron chi connectivity index (χ4n) is 3.41. The zero-order valence-electron chi connectivity index (χ0n) is 18.6. The molecule has 1 saturated heterocycles. The van der Waals surface area contributed by atoms with Crippen LogP contribution in [0.2, 0.25) is 5.02 Å². The van der Waals surface area contributed by atoms with Gasteiger partial charge in [-0.3, -0.25) is 14.4 Å². The minimum Gasteiger partial charge on any atom is -0.478 e. The highest BCUT2D eigenvalue weighted by atomic mass is 35.5. The number of halogens is 1. The smallest absolute Gasteiger partial charge is 0.328 e. The third-order valence-electron chi connectivity index (χ3n) is 5.01. The first kappa shape index (κ1) is 25.0. The van der Waals surface area contributed by atoms with Gasteiger partial charge in [0.05, 0.1) is 10.9 Å². The van der Waals surface area contributed by atoms with E-state index < -0.39 is 17.1 Å². The second kappa shape index (κ2) is 11.1. The van der Waals surface area contributed by atoms with Crippen molar-refractivity contribution in [2.45, 2.75) is 16.6 Å². The maximum Gasteiger partial charge on any atom is 0.328 e. The molecular weight excluding hydrogens is 504 g/mol. The molecule has 0 bridgehead atoms. The molecule has 3 aromatic carbocycles. The fourth-order valence-corrected chi connectivity index (χ4v) is 4.65. The summed E-state index contributed by atoms with van der Waals surface area (Å²) in [5.74, 6) is -1.33. The van der Waals surface area contributed by atoms with Gasteiger partial charge in [-0.05, 0) is 66.7 Å². The molecule has 2 N–H and O–H groups in total. The van der Waals surface area contributed by atoms with Crippen LogP contribution in [0.3, 0.4) is 0 Å². The van der Waals surface area contributed by atoms with E-state index in [1.54, 1.807) is 72.8 Å². The number of rotatable bonds is 8. The number of nitrogens with one attached hydrogen (secondary N) is 1. The summed E-state index contributed by atoms with van der Waals surface area (Å²) in [4.78, 5) is 49.9. The van der Waals surface area contributed by atoms with Gasteiger partial charge in [0.25, 0.3) is 0 Å². The lowest BCUT2D eigenvalue weighted by Crippen LogP contribution is -2.31. The number of imide groups is 1. The predicted octanol–water partition coefficient (Wildman–Crippen LogP) is 5.14. The van der Waals surface area contributed by atoms with Gasteiger partial charge in [-0.15, -0.1) is 11.8 Å². The van der Waals surface area contributed by atoms with Crippen molar-refractivity contribution in [1.82, 2.24) is 0 Å². The molecule has 4 rings (SSSR count). The summed E-state index contributed by atoms with van der Waals surface area (Å²) in [5, 5.41) is 11.2. The second-order valence-corrected chi connectivity index (χ2v) is 9.33. The quantitative estimate of drug-likeness (QED) is 0.311. The van der Waals surface area contributed by atoms with Gasteiger partial charge in [0, 0.05) is 34.2 Å². The van der Waals surface area contributed by atoms with E-state index in [1.165, 1.54) is 11.8 Å². The molecule has 0 saturated carbocycles. The highest BCUT2D eigenvalue weighted by Gasteiger charge is 2.40. The van der Waals surface area contributed by atoms with E-state index in [9.17, 15) is 19.2 Å². The Morgan fingerprint density at radius 3 is 2.33 bits per heavy atom. The number of benzene rings is 3. The standard InChI is InChI=1S/C26H19ClN2O6S/c27-16-4-8-19(9-5-16)35-20-10-6-18(7-11-20)29-24(31)15-22(26(29)34)36-21-3-1-2-17(14-21)28-23(30)12-13-25(32)33/h1-14,22H,15H2,(H,28,30)(H,32,33)/b13-12+. The van der Waals surface area contributed by atoms with Crippen molar-refractivity contribution in [3.05, 3.63) is 90.0 Å². The third-order valence-corrected chi connectivity index (χ3v) is 6.44. The number of thioether (sulfide) groups is 1. The van der Waals surface area contributed by atoms with Crippen LogP contribution in [0.25, 0.3) is 0 Å². The minimum atomic E-state index is -1.23. The highest BCUT2D eigenvalue weighted by molar-refractivity contribution is 8.00. The van der Waals surface area contributed by atoms with Crippen molar-refractivity contribution in [2.75, 3.05) is 10.2 Å². The first-order valence-electron chi connectivity index (χ1n) is 10.7. The van der Waals surface area contributed by atoms with Gasteiger partial charge >= 0.3 is 5.97 Å². The number of carbonyl (C=O) groups is 4. The Kier molecular flexibility index (Phi) is 7.72. The molecule has 3 aromatic rings. The lowest BCUT2D eigenvalue weighted by molar-refractivity contribution is -0.131. The van der Waals surface area contributed by atoms with Crippen molar-refractivity contribution < 1.29 is 29.0 Å². The van der Waals surface area contributed by atoms with Gasteiger partial charge < -0.3 is 15.2 Å². The summed E-state index contributed by atoms with van der Waals surface area (Å²) in [6.45, 7) is 0. The van der Waals surface area contributed by atoms with E-state index in [2.05, 4.69) is 5.32 Å². The number of carboxylic acid groups (broad SMARTS) is 1. The number of nitrogens with zero attached hydrogens (tertiary/aromatic N) is 1. The van der Waals surface area contributed by atoms with Crippen LogP contribution in [-0.4, -0.2) is 34.0 Å². The van der Waals surface area contributed by atoms with Crippen LogP contribution in [0.5, 0.6) is 11.5 Å². The zero-order valence-corrected chi connectivity index (χ0v) is 20.2. The Morgan fingerprint density at radius 1 is 1.00 bits per heavy atom. The molecule has 0 radical (unpaired) electrons. The van der Waals surface area contributed by atoms with E-state index in [1.807, 2.05) is 0 Å². The number of anilines is 2. The summed E-state index contributed by atoms with van der Waals surface area (Å²) in [6.07, 6.45) is 1.68. The molecule has 1 aliphatic heterocycles. The number of carboxylic acids is 1. The van der Waals surface area contributed by atoms with E-state index in [4.69, 9.17) is 21.4 Å². The zero-order chi connectivity index (χ0) is 25.7. The number of ether oxygens (including phenoxy) is 1. The van der Waals surface area contributed by atoms with Crippen LogP contribution < -0.4 is 15.0 Å². The molecule has 1 heterocycles. The molecule has 1 unspecified atom stereocenters. The normalized spacial score (nSPS) is 15.4. The SMILES string of the molecule is O=C(O)/C=C/C(=O)Nc1cccc(SC2CC(=O)N(c3ccc(Oc4ccc(Cl)cc4)cc3)C2=O)c1. The summed E-state index contributed by atoms with van der Waals surface area (Å²) >= 11 is 7.10. The maximum absolute atomic E-state index is 13.0. The van der Waals surface area contributed by atoms with Gasteiger partial charge in [-0.25, -0.2) is 9.69 Å². The third kappa shape index (κ3) is 6.32. The van der Waals surface area contributed by atoms with E-state index >= 15 is 0 Å². The highest BCUT2D eigenvalue weighted by Crippen LogP contribution is 2.35. The van der Waals surface area contributed by atoms with Crippen LogP contribution >= 0.6 is 23.4 Å². The molecule has 1 aliphatic rings. The van der Waals surface area contributed by atoms with Crippen molar-refractivity contribution >= 4 is 58.4 Å². The Bertz CT molecular complexity index is 1340. The molecule has 0 spiro atoms. The van der Waals surface area contributed by atoms with Crippen LogP contribution in [0.15, 0.2) is 89.8 Å². The number of carbonyl (C=O) groups excluding carboxylic acids is 3. The summed E-state index contributed by atoms with van der Waals surface area (Å²) < 4.78 is 5.76.